The maximum absolute atomic E-state index is 13.5. The van der Waals surface area contributed by atoms with Gasteiger partial charge in [0.1, 0.15) is 17.2 Å². The molecule has 28 heavy (non-hydrogen) atoms. The number of carbonyl (C=O) groups excluding carboxylic acids is 2. The van der Waals surface area contributed by atoms with Gasteiger partial charge in [0.05, 0.1) is 18.4 Å². The Bertz CT molecular complexity index is 912. The molecule has 2 saturated heterocycles. The third kappa shape index (κ3) is 3.27. The summed E-state index contributed by atoms with van der Waals surface area (Å²) in [6.07, 6.45) is 1.07. The highest BCUT2D eigenvalue weighted by Gasteiger charge is 2.45. The molecule has 2 fully saturated rings. The molecule has 2 aliphatic heterocycles. The largest absolute Gasteiger partial charge is 0.496 e. The molecule has 2 heterocycles. The van der Waals surface area contributed by atoms with Gasteiger partial charge in [-0.1, -0.05) is 18.2 Å². The number of piperidine rings is 1. The lowest BCUT2D eigenvalue weighted by Crippen LogP contribution is -2.58. The van der Waals surface area contributed by atoms with Crippen molar-refractivity contribution in [2.75, 3.05) is 25.2 Å². The van der Waals surface area contributed by atoms with Crippen LogP contribution in [0.4, 0.5) is 14.9 Å². The fourth-order valence-corrected chi connectivity index (χ4v) is 3.67. The number of ether oxygens (including phenoxy) is 1. The first-order valence-electron chi connectivity index (χ1n) is 9.09. The van der Waals surface area contributed by atoms with Gasteiger partial charge in [-0.15, -0.1) is 0 Å². The summed E-state index contributed by atoms with van der Waals surface area (Å²) in [5.74, 6) is 0.0289. The fraction of sp³-hybridized carbons (Fsp3) is 0.300. The van der Waals surface area contributed by atoms with Gasteiger partial charge in [-0.2, -0.15) is 0 Å². The van der Waals surface area contributed by atoms with Crippen LogP contribution in [0.15, 0.2) is 48.5 Å². The van der Waals surface area contributed by atoms with Crippen molar-refractivity contribution in [2.24, 2.45) is 0 Å². The summed E-state index contributed by atoms with van der Waals surface area (Å²) >= 11 is 0. The number of methoxy groups -OCH3 is 1. The molecule has 2 aliphatic rings. The number of anilines is 1. The minimum absolute atomic E-state index is 0.0985. The Balaban J connectivity index is 1.45. The lowest BCUT2D eigenvalue weighted by atomic mass is 9.97. The molecule has 3 amide bonds. The first-order valence-corrected chi connectivity index (χ1v) is 9.09. The molecular formula is C20H21FN4O3. The Kier molecular flexibility index (Phi) is 4.64. The molecule has 0 atom stereocenters. The predicted molar refractivity (Wildman–Crippen MR) is 101 cm³/mol. The first-order chi connectivity index (χ1) is 13.5. The molecule has 8 heteroatoms. The van der Waals surface area contributed by atoms with E-state index in [9.17, 15) is 14.0 Å². The van der Waals surface area contributed by atoms with Crippen LogP contribution in [-0.2, 0) is 0 Å². The monoisotopic (exact) mass is 384 g/mol. The Labute approximate surface area is 162 Å². The summed E-state index contributed by atoms with van der Waals surface area (Å²) in [5, 5.41) is 4.27. The van der Waals surface area contributed by atoms with Gasteiger partial charge in [0.2, 0.25) is 0 Å². The van der Waals surface area contributed by atoms with Crippen LogP contribution < -0.4 is 20.5 Å². The third-order valence-electron chi connectivity index (χ3n) is 5.18. The second-order valence-electron chi connectivity index (χ2n) is 6.93. The molecule has 0 unspecified atom stereocenters. The molecule has 0 aliphatic carbocycles. The van der Waals surface area contributed by atoms with Gasteiger partial charge in [0.25, 0.3) is 5.91 Å². The van der Waals surface area contributed by atoms with Gasteiger partial charge in [0, 0.05) is 25.9 Å². The number of halogens is 1. The number of benzene rings is 2. The van der Waals surface area contributed by atoms with Crippen molar-refractivity contribution in [2.45, 2.75) is 18.5 Å². The van der Waals surface area contributed by atoms with Gasteiger partial charge in [-0.3, -0.25) is 4.79 Å². The van der Waals surface area contributed by atoms with E-state index in [4.69, 9.17) is 4.74 Å². The van der Waals surface area contributed by atoms with E-state index in [1.807, 2.05) is 6.07 Å². The minimum atomic E-state index is -0.652. The third-order valence-corrected chi connectivity index (χ3v) is 5.18. The van der Waals surface area contributed by atoms with Crippen LogP contribution in [0.3, 0.4) is 0 Å². The van der Waals surface area contributed by atoms with Crippen molar-refractivity contribution >= 4 is 17.6 Å². The Morgan fingerprint density at radius 1 is 1.14 bits per heavy atom. The number of nitrogens with zero attached hydrogens (tertiary/aromatic N) is 2. The number of carbonyl (C=O) groups is 2. The molecule has 0 aromatic heterocycles. The van der Waals surface area contributed by atoms with Crippen molar-refractivity contribution < 1.29 is 18.7 Å². The predicted octanol–water partition coefficient (Wildman–Crippen LogP) is 2.50. The molecule has 2 aromatic rings. The zero-order valence-electron chi connectivity index (χ0n) is 15.4. The number of nitrogens with one attached hydrogen (secondary N) is 2. The number of urea groups is 1. The summed E-state index contributed by atoms with van der Waals surface area (Å²) in [5.41, 5.74) is 3.46. The van der Waals surface area contributed by atoms with Crippen LogP contribution in [-0.4, -0.2) is 42.7 Å². The van der Waals surface area contributed by atoms with Crippen LogP contribution in [0.5, 0.6) is 5.75 Å². The van der Waals surface area contributed by atoms with E-state index in [0.29, 0.717) is 42.9 Å². The number of para-hydroxylation sites is 1. The normalized spacial score (nSPS) is 18.3. The molecular weight excluding hydrogens is 363 g/mol. The molecule has 7 nitrogen and oxygen atoms in total. The lowest BCUT2D eigenvalue weighted by molar-refractivity contribution is 0.0637. The van der Waals surface area contributed by atoms with E-state index >= 15 is 0 Å². The summed E-state index contributed by atoms with van der Waals surface area (Å²) in [7, 11) is 1.54. The summed E-state index contributed by atoms with van der Waals surface area (Å²) in [4.78, 5) is 27.0. The van der Waals surface area contributed by atoms with Crippen LogP contribution in [0.2, 0.25) is 0 Å². The Hall–Kier alpha value is -3.13. The summed E-state index contributed by atoms with van der Waals surface area (Å²) in [6, 6.07) is 12.6. The molecule has 4 rings (SSSR count). The Morgan fingerprint density at radius 3 is 2.61 bits per heavy atom. The fourth-order valence-electron chi connectivity index (χ4n) is 3.67. The standard InChI is InChI=1S/C20H21FN4O3/c1-28-17-8-3-2-7-16(17)18(26)24-11-9-20(10-12-24)22-19(27)25(23-20)15-6-4-5-14(21)13-15/h2-8,13,23H,9-12H2,1H3,(H,22,27). The second kappa shape index (κ2) is 7.12. The van der Waals surface area contributed by atoms with E-state index in [2.05, 4.69) is 10.7 Å². The van der Waals surface area contributed by atoms with E-state index in [1.54, 1.807) is 35.2 Å². The van der Waals surface area contributed by atoms with E-state index < -0.39 is 11.5 Å². The highest BCUT2D eigenvalue weighted by molar-refractivity contribution is 5.97. The lowest BCUT2D eigenvalue weighted by Gasteiger charge is -2.39. The van der Waals surface area contributed by atoms with Gasteiger partial charge in [-0.25, -0.2) is 19.6 Å². The van der Waals surface area contributed by atoms with Gasteiger partial charge < -0.3 is 15.0 Å². The molecule has 2 N–H and O–H groups in total. The average molecular weight is 384 g/mol. The van der Waals surface area contributed by atoms with E-state index in [1.165, 1.54) is 24.3 Å². The summed E-state index contributed by atoms with van der Waals surface area (Å²) in [6.45, 7) is 0.947. The van der Waals surface area contributed by atoms with Crippen molar-refractivity contribution in [3.63, 3.8) is 0 Å². The number of hydrazine groups is 1. The maximum atomic E-state index is 13.5. The second-order valence-corrected chi connectivity index (χ2v) is 6.93. The topological polar surface area (TPSA) is 73.9 Å². The van der Waals surface area contributed by atoms with Crippen LogP contribution in [0.25, 0.3) is 0 Å². The summed E-state index contributed by atoms with van der Waals surface area (Å²) < 4.78 is 18.8. The van der Waals surface area contributed by atoms with Crippen molar-refractivity contribution in [1.82, 2.24) is 15.6 Å². The van der Waals surface area contributed by atoms with Gasteiger partial charge >= 0.3 is 6.03 Å². The van der Waals surface area contributed by atoms with Crippen LogP contribution >= 0.6 is 0 Å². The van der Waals surface area contributed by atoms with Crippen LogP contribution in [0.1, 0.15) is 23.2 Å². The van der Waals surface area contributed by atoms with Gasteiger partial charge in [0.15, 0.2) is 0 Å². The molecule has 0 radical (unpaired) electrons. The van der Waals surface area contributed by atoms with Crippen LogP contribution in [0, 0.1) is 5.82 Å². The van der Waals surface area contributed by atoms with Gasteiger partial charge in [-0.05, 0) is 30.3 Å². The quantitative estimate of drug-likeness (QED) is 0.853. The number of amides is 3. The number of likely N-dealkylation sites (tertiary alicyclic amines) is 1. The van der Waals surface area contributed by atoms with Crippen molar-refractivity contribution in [3.8, 4) is 5.75 Å². The minimum Gasteiger partial charge on any atom is -0.496 e. The first kappa shape index (κ1) is 18.2. The smallest absolute Gasteiger partial charge is 0.338 e. The maximum Gasteiger partial charge on any atom is 0.338 e. The molecule has 146 valence electrons. The highest BCUT2D eigenvalue weighted by atomic mass is 19.1. The molecule has 1 spiro atoms. The van der Waals surface area contributed by atoms with E-state index in [0.717, 1.165) is 0 Å². The highest BCUT2D eigenvalue weighted by Crippen LogP contribution is 2.29. The average Bonchev–Trinajstić information content (AvgIpc) is 3.03. The molecule has 0 saturated carbocycles. The molecule has 2 aromatic carbocycles. The zero-order valence-corrected chi connectivity index (χ0v) is 15.4. The number of rotatable bonds is 3. The Morgan fingerprint density at radius 2 is 1.89 bits per heavy atom. The number of hydrogen-bond donors (Lipinski definition) is 2. The molecule has 0 bridgehead atoms. The van der Waals surface area contributed by atoms with E-state index in [-0.39, 0.29) is 11.9 Å². The van der Waals surface area contributed by atoms with Crippen molar-refractivity contribution in [3.05, 3.63) is 59.9 Å². The van der Waals surface area contributed by atoms with Crippen molar-refractivity contribution in [1.29, 1.82) is 0 Å². The number of hydrogen-bond acceptors (Lipinski definition) is 4. The SMILES string of the molecule is COc1ccccc1C(=O)N1CCC2(CC1)NC(=O)N(c1cccc(F)c1)N2. The zero-order chi connectivity index (χ0) is 19.7.